The number of nitrogen functional groups attached to an aromatic ring is 1. The maximum absolute atomic E-state index is 12.0. The Morgan fingerprint density at radius 2 is 1.96 bits per heavy atom. The van der Waals surface area contributed by atoms with Crippen molar-refractivity contribution < 1.29 is 19.1 Å². The van der Waals surface area contributed by atoms with Crippen LogP contribution in [0.5, 0.6) is 5.75 Å². The topological polar surface area (TPSA) is 111 Å². The molecule has 146 valence electrons. The Balaban J connectivity index is 0.00000114. The Hall–Kier alpha value is -2.92. The molecule has 0 aliphatic rings. The van der Waals surface area contributed by atoms with Crippen LogP contribution in [0.2, 0.25) is 0 Å². The third kappa shape index (κ3) is 7.07. The molecule has 0 atom stereocenters. The summed E-state index contributed by atoms with van der Waals surface area (Å²) in [6.07, 6.45) is 0.758. The summed E-state index contributed by atoms with van der Waals surface area (Å²) in [7, 11) is 0. The number of fused-ring (bicyclic) bond motifs is 1. The van der Waals surface area contributed by atoms with Crippen LogP contribution in [0.4, 0.5) is 5.69 Å². The second-order valence-corrected chi connectivity index (χ2v) is 7.41. The van der Waals surface area contributed by atoms with E-state index < -0.39 is 5.54 Å². The summed E-state index contributed by atoms with van der Waals surface area (Å²) >= 11 is 0. The Morgan fingerprint density at radius 3 is 2.56 bits per heavy atom. The smallest absolute Gasteiger partial charge is 0.373 e. The number of carbonyl (C=O) groups excluding carboxylic acids is 3. The first-order valence-electron chi connectivity index (χ1n) is 8.68. The van der Waals surface area contributed by atoms with Crippen molar-refractivity contribution in [2.24, 2.45) is 5.92 Å². The Morgan fingerprint density at radius 1 is 1.33 bits per heavy atom. The third-order valence-corrected chi connectivity index (χ3v) is 3.61. The molecule has 1 aromatic carbocycles. The molecule has 7 nitrogen and oxygen atoms in total. The van der Waals surface area contributed by atoms with Crippen LogP contribution in [-0.4, -0.2) is 29.2 Å². The second-order valence-electron chi connectivity index (χ2n) is 7.41. The third-order valence-electron chi connectivity index (χ3n) is 3.61. The average molecular weight is 373 g/mol. The maximum Gasteiger partial charge on any atom is 0.373 e. The van der Waals surface area contributed by atoms with E-state index in [-0.39, 0.29) is 12.1 Å². The first-order valence-corrected chi connectivity index (χ1v) is 8.68. The van der Waals surface area contributed by atoms with Gasteiger partial charge in [-0.05, 0) is 44.9 Å². The molecule has 0 fully saturated rings. The van der Waals surface area contributed by atoms with Gasteiger partial charge in [0.2, 0.25) is 5.91 Å². The Labute approximate surface area is 159 Å². The first kappa shape index (κ1) is 22.1. The van der Waals surface area contributed by atoms with E-state index in [4.69, 9.17) is 20.1 Å². The average Bonchev–Trinajstić information content (AvgIpc) is 2.51. The summed E-state index contributed by atoms with van der Waals surface area (Å²) in [4.78, 5) is 32.7. The van der Waals surface area contributed by atoms with Crippen LogP contribution in [0.3, 0.4) is 0 Å². The lowest BCUT2D eigenvalue weighted by atomic mass is 10.0. The number of benzene rings is 1. The van der Waals surface area contributed by atoms with Gasteiger partial charge >= 0.3 is 6.15 Å². The van der Waals surface area contributed by atoms with E-state index in [0.717, 1.165) is 16.6 Å². The minimum Gasteiger partial charge on any atom is -0.490 e. The van der Waals surface area contributed by atoms with E-state index in [1.54, 1.807) is 0 Å². The molecule has 2 aromatic rings. The highest BCUT2D eigenvalue weighted by Gasteiger charge is 2.22. The van der Waals surface area contributed by atoms with E-state index >= 15 is 0 Å². The van der Waals surface area contributed by atoms with Crippen molar-refractivity contribution in [3.63, 3.8) is 0 Å². The van der Waals surface area contributed by atoms with Gasteiger partial charge in [-0.15, -0.1) is 0 Å². The van der Waals surface area contributed by atoms with Crippen LogP contribution in [0.25, 0.3) is 10.9 Å². The van der Waals surface area contributed by atoms with Gasteiger partial charge in [0, 0.05) is 17.8 Å². The molecule has 0 saturated carbocycles. The number of ether oxygens (including phenoxy) is 1. The van der Waals surface area contributed by atoms with Crippen LogP contribution >= 0.6 is 0 Å². The van der Waals surface area contributed by atoms with Crippen LogP contribution in [-0.2, 0) is 14.4 Å². The van der Waals surface area contributed by atoms with Crippen LogP contribution < -0.4 is 15.8 Å². The quantitative estimate of drug-likeness (QED) is 0.805. The van der Waals surface area contributed by atoms with Gasteiger partial charge in [0.25, 0.3) is 0 Å². The van der Waals surface area contributed by atoms with Crippen molar-refractivity contribution >= 4 is 28.6 Å². The number of nitrogens with two attached hydrogens (primary N) is 1. The normalized spacial score (nSPS) is 10.7. The van der Waals surface area contributed by atoms with E-state index in [0.29, 0.717) is 30.4 Å². The minimum absolute atomic E-state index is 0.0355. The molecule has 1 heterocycles. The van der Waals surface area contributed by atoms with Gasteiger partial charge in [0.05, 0.1) is 16.4 Å². The highest BCUT2D eigenvalue weighted by atomic mass is 16.5. The molecule has 7 heteroatoms. The molecule has 0 bridgehead atoms. The molecule has 0 radical (unpaired) electrons. The summed E-state index contributed by atoms with van der Waals surface area (Å²) < 4.78 is 5.98. The number of anilines is 1. The lowest BCUT2D eigenvalue weighted by Gasteiger charge is -2.27. The SMILES string of the molecule is Cc1cc(N)c2c(OCC(C)(C)NC(=O)CC(C)C)cccc2n1.O=C=O. The fourth-order valence-electron chi connectivity index (χ4n) is 2.64. The van der Waals surface area contributed by atoms with Crippen molar-refractivity contribution in [3.05, 3.63) is 30.0 Å². The monoisotopic (exact) mass is 373 g/mol. The largest absolute Gasteiger partial charge is 0.490 e. The second kappa shape index (κ2) is 9.69. The van der Waals surface area contributed by atoms with Gasteiger partial charge in [0.15, 0.2) is 0 Å². The number of aryl methyl sites for hydroxylation is 1. The van der Waals surface area contributed by atoms with Gasteiger partial charge < -0.3 is 15.8 Å². The van der Waals surface area contributed by atoms with Crippen LogP contribution in [0.15, 0.2) is 24.3 Å². The van der Waals surface area contributed by atoms with Gasteiger partial charge in [-0.1, -0.05) is 19.9 Å². The fourth-order valence-corrected chi connectivity index (χ4v) is 2.64. The van der Waals surface area contributed by atoms with Crippen molar-refractivity contribution in [3.8, 4) is 5.75 Å². The van der Waals surface area contributed by atoms with Gasteiger partial charge in [-0.25, -0.2) is 0 Å². The molecule has 27 heavy (non-hydrogen) atoms. The number of amides is 1. The molecule has 2 rings (SSSR count). The highest BCUT2D eigenvalue weighted by molar-refractivity contribution is 5.95. The standard InChI is InChI=1S/C19H27N3O2.CO2/c1-12(2)9-17(23)22-19(4,5)11-24-16-8-6-7-15-18(16)14(20)10-13(3)21-15;2-1-3/h6-8,10,12H,9,11H2,1-5H3,(H2,20,21)(H,22,23);. The van der Waals surface area contributed by atoms with Crippen molar-refractivity contribution in [1.82, 2.24) is 10.3 Å². The molecule has 0 aliphatic heterocycles. The van der Waals surface area contributed by atoms with E-state index in [1.807, 2.05) is 58.9 Å². The van der Waals surface area contributed by atoms with Crippen molar-refractivity contribution in [1.29, 1.82) is 0 Å². The van der Waals surface area contributed by atoms with E-state index in [1.165, 1.54) is 0 Å². The Kier molecular flexibility index (Phi) is 7.94. The van der Waals surface area contributed by atoms with Gasteiger partial charge in [-0.3, -0.25) is 9.78 Å². The molecular weight excluding hydrogens is 346 g/mol. The molecule has 0 aliphatic carbocycles. The number of pyridine rings is 1. The van der Waals surface area contributed by atoms with Crippen LogP contribution in [0, 0.1) is 12.8 Å². The predicted octanol–water partition coefficient (Wildman–Crippen LogP) is 2.86. The number of nitrogens with zero attached hydrogens (tertiary/aromatic N) is 1. The first-order chi connectivity index (χ1) is 12.6. The lowest BCUT2D eigenvalue weighted by molar-refractivity contribution is -0.191. The molecule has 0 saturated heterocycles. The van der Waals surface area contributed by atoms with Crippen molar-refractivity contribution in [2.75, 3.05) is 12.3 Å². The molecular formula is C20H27N3O4. The lowest BCUT2D eigenvalue weighted by Crippen LogP contribution is -2.48. The number of nitrogens with one attached hydrogen (secondary N) is 1. The van der Waals surface area contributed by atoms with Crippen LogP contribution in [0.1, 0.15) is 39.8 Å². The molecule has 0 unspecified atom stereocenters. The number of carbonyl (C=O) groups is 1. The summed E-state index contributed by atoms with van der Waals surface area (Å²) in [5.74, 6) is 1.05. The number of hydrogen-bond donors (Lipinski definition) is 2. The summed E-state index contributed by atoms with van der Waals surface area (Å²) in [6, 6.07) is 7.53. The minimum atomic E-state index is -0.471. The molecule has 0 spiro atoms. The van der Waals surface area contributed by atoms with Gasteiger partial charge in [0.1, 0.15) is 12.4 Å². The molecule has 3 N–H and O–H groups in total. The zero-order valence-corrected chi connectivity index (χ0v) is 16.5. The fraction of sp³-hybridized carbons (Fsp3) is 0.450. The maximum atomic E-state index is 12.0. The number of hydrogen-bond acceptors (Lipinski definition) is 6. The Bertz CT molecular complexity index is 825. The van der Waals surface area contributed by atoms with Gasteiger partial charge in [-0.2, -0.15) is 9.59 Å². The zero-order valence-electron chi connectivity index (χ0n) is 16.5. The molecule has 1 aromatic heterocycles. The van der Waals surface area contributed by atoms with E-state index in [2.05, 4.69) is 10.3 Å². The summed E-state index contributed by atoms with van der Waals surface area (Å²) in [5.41, 5.74) is 8.00. The molecule has 1 amide bonds. The zero-order chi connectivity index (χ0) is 20.6. The van der Waals surface area contributed by atoms with E-state index in [9.17, 15) is 4.79 Å². The summed E-state index contributed by atoms with van der Waals surface area (Å²) in [6.45, 7) is 10.2. The highest BCUT2D eigenvalue weighted by Crippen LogP contribution is 2.30. The van der Waals surface area contributed by atoms with Crippen molar-refractivity contribution in [2.45, 2.75) is 46.6 Å². The predicted molar refractivity (Wildman–Crippen MR) is 103 cm³/mol. The number of rotatable bonds is 6. The number of aromatic nitrogens is 1. The summed E-state index contributed by atoms with van der Waals surface area (Å²) in [5, 5.41) is 3.83.